The van der Waals surface area contributed by atoms with Gasteiger partial charge in [-0.1, -0.05) is 18.2 Å². The average Bonchev–Trinajstić information content (AvgIpc) is 2.75. The molecule has 5 nitrogen and oxygen atoms in total. The Morgan fingerprint density at radius 3 is 2.80 bits per heavy atom. The standard InChI is InChI=1S/C10H7N3O2/c1-13-7-5-3-2-4-6(7)8-9(10(13)14)12-15-11-8/h2-5H,1H3. The first-order chi connectivity index (χ1) is 7.29. The molecule has 0 N–H and O–H groups in total. The van der Waals surface area contributed by atoms with Crippen LogP contribution < -0.4 is 5.56 Å². The first-order valence-corrected chi connectivity index (χ1v) is 4.49. The van der Waals surface area contributed by atoms with E-state index in [4.69, 9.17) is 0 Å². The van der Waals surface area contributed by atoms with E-state index in [-0.39, 0.29) is 11.1 Å². The minimum absolute atomic E-state index is 0.190. The first-order valence-electron chi connectivity index (χ1n) is 4.49. The SMILES string of the molecule is Cn1c(=O)c2nonc2c2ccccc21. The van der Waals surface area contributed by atoms with Gasteiger partial charge in [0.2, 0.25) is 5.52 Å². The van der Waals surface area contributed by atoms with Gasteiger partial charge in [-0.05, 0) is 16.4 Å². The van der Waals surface area contributed by atoms with E-state index < -0.39 is 0 Å². The van der Waals surface area contributed by atoms with E-state index in [0.29, 0.717) is 5.52 Å². The summed E-state index contributed by atoms with van der Waals surface area (Å²) in [6.45, 7) is 0. The van der Waals surface area contributed by atoms with E-state index in [1.165, 1.54) is 0 Å². The number of aromatic nitrogens is 3. The highest BCUT2D eigenvalue weighted by atomic mass is 16.6. The van der Waals surface area contributed by atoms with E-state index in [2.05, 4.69) is 14.9 Å². The van der Waals surface area contributed by atoms with Gasteiger partial charge in [-0.2, -0.15) is 0 Å². The Labute approximate surface area is 83.9 Å². The Kier molecular flexibility index (Phi) is 1.45. The zero-order chi connectivity index (χ0) is 10.4. The van der Waals surface area contributed by atoms with Gasteiger partial charge in [-0.15, -0.1) is 0 Å². The van der Waals surface area contributed by atoms with Crippen LogP contribution in [0.5, 0.6) is 0 Å². The summed E-state index contributed by atoms with van der Waals surface area (Å²) in [7, 11) is 1.71. The van der Waals surface area contributed by atoms with Crippen LogP contribution in [0.4, 0.5) is 0 Å². The van der Waals surface area contributed by atoms with Crippen molar-refractivity contribution >= 4 is 21.9 Å². The number of nitrogens with zero attached hydrogens (tertiary/aromatic N) is 3. The van der Waals surface area contributed by atoms with Gasteiger partial charge in [0.1, 0.15) is 5.52 Å². The smallest absolute Gasteiger partial charge is 0.282 e. The normalized spacial score (nSPS) is 11.3. The van der Waals surface area contributed by atoms with Crippen molar-refractivity contribution in [2.24, 2.45) is 7.05 Å². The Balaban J connectivity index is 2.77. The van der Waals surface area contributed by atoms with Gasteiger partial charge in [-0.3, -0.25) is 4.79 Å². The van der Waals surface area contributed by atoms with Crippen LogP contribution in [0.2, 0.25) is 0 Å². The van der Waals surface area contributed by atoms with Crippen LogP contribution in [0.3, 0.4) is 0 Å². The third-order valence-corrected chi connectivity index (χ3v) is 2.52. The van der Waals surface area contributed by atoms with Gasteiger partial charge < -0.3 is 4.57 Å². The van der Waals surface area contributed by atoms with Gasteiger partial charge in [0.05, 0.1) is 5.52 Å². The second kappa shape index (κ2) is 2.66. The zero-order valence-electron chi connectivity index (χ0n) is 7.97. The zero-order valence-corrected chi connectivity index (χ0v) is 7.97. The van der Waals surface area contributed by atoms with Crippen LogP contribution >= 0.6 is 0 Å². The molecule has 0 amide bonds. The fourth-order valence-corrected chi connectivity index (χ4v) is 1.74. The van der Waals surface area contributed by atoms with Crippen LogP contribution in [-0.4, -0.2) is 14.9 Å². The number of aryl methyl sites for hydroxylation is 1. The van der Waals surface area contributed by atoms with Crippen molar-refractivity contribution < 1.29 is 4.63 Å². The van der Waals surface area contributed by atoms with Crippen molar-refractivity contribution in [3.05, 3.63) is 34.6 Å². The third-order valence-electron chi connectivity index (χ3n) is 2.52. The van der Waals surface area contributed by atoms with E-state index in [9.17, 15) is 4.79 Å². The van der Waals surface area contributed by atoms with Crippen LogP contribution in [0, 0.1) is 0 Å². The molecule has 0 spiro atoms. The molecule has 3 aromatic rings. The predicted molar refractivity (Wildman–Crippen MR) is 54.6 cm³/mol. The molecule has 0 fully saturated rings. The molecule has 0 radical (unpaired) electrons. The molecule has 15 heavy (non-hydrogen) atoms. The summed E-state index contributed by atoms with van der Waals surface area (Å²) in [5, 5.41) is 8.23. The summed E-state index contributed by atoms with van der Waals surface area (Å²) >= 11 is 0. The second-order valence-corrected chi connectivity index (χ2v) is 3.34. The molecule has 1 aromatic carbocycles. The largest absolute Gasteiger partial charge is 0.309 e. The minimum atomic E-state index is -0.190. The van der Waals surface area contributed by atoms with Gasteiger partial charge in [0.25, 0.3) is 5.56 Å². The lowest BCUT2D eigenvalue weighted by Crippen LogP contribution is -2.17. The maximum Gasteiger partial charge on any atom is 0.282 e. The molecular weight excluding hydrogens is 194 g/mol. The summed E-state index contributed by atoms with van der Waals surface area (Å²) in [5.41, 5.74) is 1.43. The van der Waals surface area contributed by atoms with Crippen LogP contribution in [0.15, 0.2) is 33.7 Å². The van der Waals surface area contributed by atoms with E-state index in [0.717, 1.165) is 10.9 Å². The number of para-hydroxylation sites is 1. The summed E-state index contributed by atoms with van der Waals surface area (Å²) in [4.78, 5) is 11.8. The Bertz CT molecular complexity index is 711. The Hall–Kier alpha value is -2.17. The van der Waals surface area contributed by atoms with E-state index >= 15 is 0 Å². The first kappa shape index (κ1) is 8.16. The summed E-state index contributed by atoms with van der Waals surface area (Å²) in [6.07, 6.45) is 0. The highest BCUT2D eigenvalue weighted by molar-refractivity contribution is 6.01. The molecule has 2 heterocycles. The molecular formula is C10H7N3O2. The van der Waals surface area contributed by atoms with Gasteiger partial charge in [0, 0.05) is 12.4 Å². The summed E-state index contributed by atoms with van der Waals surface area (Å²) in [5.74, 6) is 0. The predicted octanol–water partition coefficient (Wildman–Crippen LogP) is 1.07. The highest BCUT2D eigenvalue weighted by Gasteiger charge is 2.12. The fraction of sp³-hybridized carbons (Fsp3) is 0.100. The molecule has 0 aliphatic carbocycles. The highest BCUT2D eigenvalue weighted by Crippen LogP contribution is 2.18. The topological polar surface area (TPSA) is 60.9 Å². The number of rotatable bonds is 0. The molecule has 0 aliphatic heterocycles. The van der Waals surface area contributed by atoms with Crippen LogP contribution in [0.25, 0.3) is 21.9 Å². The molecule has 0 atom stereocenters. The maximum atomic E-state index is 11.8. The van der Waals surface area contributed by atoms with Crippen molar-refractivity contribution in [3.8, 4) is 0 Å². The molecule has 74 valence electrons. The van der Waals surface area contributed by atoms with Gasteiger partial charge in [0.15, 0.2) is 0 Å². The van der Waals surface area contributed by atoms with Crippen LogP contribution in [-0.2, 0) is 7.05 Å². The van der Waals surface area contributed by atoms with Crippen molar-refractivity contribution in [2.75, 3.05) is 0 Å². The molecule has 0 aliphatic rings. The van der Waals surface area contributed by atoms with E-state index in [1.54, 1.807) is 11.6 Å². The minimum Gasteiger partial charge on any atom is -0.309 e. The average molecular weight is 201 g/mol. The lowest BCUT2D eigenvalue weighted by molar-refractivity contribution is 0.315. The van der Waals surface area contributed by atoms with Crippen molar-refractivity contribution in [1.82, 2.24) is 14.9 Å². The molecule has 0 unspecified atom stereocenters. The third kappa shape index (κ3) is 0.942. The van der Waals surface area contributed by atoms with Crippen molar-refractivity contribution in [3.63, 3.8) is 0 Å². The van der Waals surface area contributed by atoms with Crippen LogP contribution in [0.1, 0.15) is 0 Å². The Morgan fingerprint density at radius 2 is 1.93 bits per heavy atom. The lowest BCUT2D eigenvalue weighted by atomic mass is 10.2. The molecule has 3 rings (SSSR count). The van der Waals surface area contributed by atoms with Gasteiger partial charge in [-0.25, -0.2) is 4.63 Å². The van der Waals surface area contributed by atoms with Gasteiger partial charge >= 0.3 is 0 Å². The quantitative estimate of drug-likeness (QED) is 0.546. The molecule has 0 saturated carbocycles. The molecule has 0 bridgehead atoms. The number of hydrogen-bond donors (Lipinski definition) is 0. The monoisotopic (exact) mass is 201 g/mol. The maximum absolute atomic E-state index is 11.8. The summed E-state index contributed by atoms with van der Waals surface area (Å²) < 4.78 is 6.14. The lowest BCUT2D eigenvalue weighted by Gasteiger charge is -2.02. The fourth-order valence-electron chi connectivity index (χ4n) is 1.74. The Morgan fingerprint density at radius 1 is 1.20 bits per heavy atom. The number of pyridine rings is 1. The second-order valence-electron chi connectivity index (χ2n) is 3.34. The van der Waals surface area contributed by atoms with E-state index in [1.807, 2.05) is 24.3 Å². The van der Waals surface area contributed by atoms with Crippen molar-refractivity contribution in [1.29, 1.82) is 0 Å². The number of hydrogen-bond acceptors (Lipinski definition) is 4. The molecule has 5 heteroatoms. The number of benzene rings is 1. The molecule has 0 saturated heterocycles. The molecule has 2 aromatic heterocycles. The number of fused-ring (bicyclic) bond motifs is 3. The van der Waals surface area contributed by atoms with Crippen molar-refractivity contribution in [2.45, 2.75) is 0 Å². The summed E-state index contributed by atoms with van der Waals surface area (Å²) in [6, 6.07) is 7.52.